The zero-order valence-corrected chi connectivity index (χ0v) is 19.5. The summed E-state index contributed by atoms with van der Waals surface area (Å²) >= 11 is 7.54. The molecule has 1 aliphatic rings. The Balaban J connectivity index is 1.52. The molecule has 5 nitrogen and oxygen atoms in total. The molecule has 0 spiro atoms. The van der Waals surface area contributed by atoms with Gasteiger partial charge in [-0.2, -0.15) is 0 Å². The van der Waals surface area contributed by atoms with E-state index >= 15 is 0 Å². The highest BCUT2D eigenvalue weighted by Gasteiger charge is 2.30. The van der Waals surface area contributed by atoms with Crippen LogP contribution in [0.1, 0.15) is 29.2 Å². The number of benzene rings is 3. The van der Waals surface area contributed by atoms with Crippen LogP contribution in [0.25, 0.3) is 11.4 Å². The Kier molecular flexibility index (Phi) is 6.46. The third-order valence-electron chi connectivity index (χ3n) is 5.49. The maximum absolute atomic E-state index is 13.2. The number of amides is 1. The second kappa shape index (κ2) is 9.81. The highest BCUT2D eigenvalue weighted by molar-refractivity contribution is 8.00. The van der Waals surface area contributed by atoms with Crippen LogP contribution in [0.15, 0.2) is 90.1 Å². The molecular weight excluding hydrogens is 452 g/mol. The van der Waals surface area contributed by atoms with Crippen LogP contribution in [0.2, 0.25) is 5.02 Å². The fraction of sp³-hybridized carbons (Fsp3) is 0.192. The van der Waals surface area contributed by atoms with E-state index in [2.05, 4.69) is 32.2 Å². The van der Waals surface area contributed by atoms with Crippen LogP contribution in [0.3, 0.4) is 0 Å². The van der Waals surface area contributed by atoms with Crippen molar-refractivity contribution in [3.8, 4) is 11.4 Å². The van der Waals surface area contributed by atoms with E-state index in [1.54, 1.807) is 0 Å². The fourth-order valence-corrected chi connectivity index (χ4v) is 4.78. The molecule has 1 aromatic heterocycles. The standard InChI is InChI=1S/C26H23ClN4OS/c27-21-13-11-20(12-14-21)24-29-30-26(31(24)17-18-7-3-1-4-8-18)33-23(19-9-5-2-6-10-19)25(32)28-22-15-16-22/h1-14,22-23H,15-17H2,(H,28,32)/t23-/m1/s1. The number of thioether (sulfide) groups is 1. The van der Waals surface area contributed by atoms with Crippen LogP contribution in [0, 0.1) is 0 Å². The minimum absolute atomic E-state index is 0.0102. The molecule has 1 aliphatic carbocycles. The summed E-state index contributed by atoms with van der Waals surface area (Å²) in [6.45, 7) is 0.597. The van der Waals surface area contributed by atoms with Gasteiger partial charge in [-0.25, -0.2) is 0 Å². The third kappa shape index (κ3) is 5.29. The van der Waals surface area contributed by atoms with Crippen LogP contribution in [0.4, 0.5) is 0 Å². The topological polar surface area (TPSA) is 59.8 Å². The van der Waals surface area contributed by atoms with E-state index in [0.29, 0.717) is 16.7 Å². The van der Waals surface area contributed by atoms with E-state index in [-0.39, 0.29) is 11.9 Å². The van der Waals surface area contributed by atoms with Gasteiger partial charge in [-0.05, 0) is 48.2 Å². The average Bonchev–Trinajstić information content (AvgIpc) is 3.58. The molecule has 0 unspecified atom stereocenters. The zero-order chi connectivity index (χ0) is 22.6. The highest BCUT2D eigenvalue weighted by Crippen LogP contribution is 2.37. The van der Waals surface area contributed by atoms with Gasteiger partial charge in [-0.15, -0.1) is 10.2 Å². The van der Waals surface area contributed by atoms with Crippen LogP contribution in [-0.2, 0) is 11.3 Å². The van der Waals surface area contributed by atoms with Gasteiger partial charge in [0.15, 0.2) is 11.0 Å². The first-order chi connectivity index (χ1) is 16.2. The van der Waals surface area contributed by atoms with Gasteiger partial charge in [-0.3, -0.25) is 9.36 Å². The van der Waals surface area contributed by atoms with Crippen molar-refractivity contribution in [3.05, 3.63) is 101 Å². The van der Waals surface area contributed by atoms with E-state index in [1.807, 2.05) is 72.8 Å². The number of hydrogen-bond acceptors (Lipinski definition) is 4. The zero-order valence-electron chi connectivity index (χ0n) is 17.9. The second-order valence-corrected chi connectivity index (χ2v) is 9.58. The molecule has 1 heterocycles. The Labute approximate surface area is 202 Å². The molecule has 5 rings (SSSR count). The second-order valence-electron chi connectivity index (χ2n) is 8.08. The van der Waals surface area contributed by atoms with Crippen molar-refractivity contribution in [2.45, 2.75) is 35.8 Å². The molecule has 7 heteroatoms. The maximum atomic E-state index is 13.2. The monoisotopic (exact) mass is 474 g/mol. The molecule has 1 amide bonds. The molecule has 0 radical (unpaired) electrons. The molecule has 1 N–H and O–H groups in total. The first-order valence-corrected chi connectivity index (χ1v) is 12.2. The number of carbonyl (C=O) groups is 1. The summed E-state index contributed by atoms with van der Waals surface area (Å²) in [6.07, 6.45) is 2.09. The lowest BCUT2D eigenvalue weighted by Gasteiger charge is -2.17. The summed E-state index contributed by atoms with van der Waals surface area (Å²) in [5.41, 5.74) is 3.00. The van der Waals surface area contributed by atoms with Crippen molar-refractivity contribution in [3.63, 3.8) is 0 Å². The molecule has 3 aromatic carbocycles. The Bertz CT molecular complexity index is 1220. The predicted octanol–water partition coefficient (Wildman–Crippen LogP) is 5.76. The van der Waals surface area contributed by atoms with Crippen molar-refractivity contribution < 1.29 is 4.79 Å². The Morgan fingerprint density at radius 2 is 1.64 bits per heavy atom. The summed E-state index contributed by atoms with van der Waals surface area (Å²) in [5, 5.41) is 13.1. The number of nitrogens with zero attached hydrogens (tertiary/aromatic N) is 3. The third-order valence-corrected chi connectivity index (χ3v) is 6.98. The molecule has 4 aromatic rings. The van der Waals surface area contributed by atoms with Gasteiger partial charge in [-0.1, -0.05) is 84.0 Å². The van der Waals surface area contributed by atoms with Gasteiger partial charge >= 0.3 is 0 Å². The van der Waals surface area contributed by atoms with Crippen molar-refractivity contribution in [2.75, 3.05) is 0 Å². The SMILES string of the molecule is O=C(NC1CC1)[C@H](Sc1nnc(-c2ccc(Cl)cc2)n1Cc1ccccc1)c1ccccc1. The summed E-state index contributed by atoms with van der Waals surface area (Å²) in [7, 11) is 0. The van der Waals surface area contributed by atoms with Gasteiger partial charge in [0.25, 0.3) is 0 Å². The number of nitrogens with one attached hydrogen (secondary N) is 1. The summed E-state index contributed by atoms with van der Waals surface area (Å²) in [4.78, 5) is 13.2. The largest absolute Gasteiger partial charge is 0.352 e. The van der Waals surface area contributed by atoms with Crippen molar-refractivity contribution >= 4 is 29.3 Å². The smallest absolute Gasteiger partial charge is 0.238 e. The number of hydrogen-bond donors (Lipinski definition) is 1. The van der Waals surface area contributed by atoms with Crippen molar-refractivity contribution in [1.29, 1.82) is 0 Å². The minimum Gasteiger partial charge on any atom is -0.352 e. The predicted molar refractivity (Wildman–Crippen MR) is 132 cm³/mol. The summed E-state index contributed by atoms with van der Waals surface area (Å²) in [5.74, 6) is 0.753. The van der Waals surface area contributed by atoms with Crippen molar-refractivity contribution in [2.24, 2.45) is 0 Å². The van der Waals surface area contributed by atoms with Crippen LogP contribution in [0.5, 0.6) is 0 Å². The van der Waals surface area contributed by atoms with Gasteiger partial charge in [0.05, 0.1) is 6.54 Å². The van der Waals surface area contributed by atoms with Gasteiger partial charge in [0, 0.05) is 16.6 Å². The average molecular weight is 475 g/mol. The minimum atomic E-state index is -0.413. The van der Waals surface area contributed by atoms with Gasteiger partial charge < -0.3 is 5.32 Å². The lowest BCUT2D eigenvalue weighted by atomic mass is 10.1. The summed E-state index contributed by atoms with van der Waals surface area (Å²) in [6, 6.07) is 27.9. The molecule has 1 saturated carbocycles. The molecule has 0 bridgehead atoms. The van der Waals surface area contributed by atoms with E-state index in [9.17, 15) is 4.79 Å². The Morgan fingerprint density at radius 1 is 0.970 bits per heavy atom. The van der Waals surface area contributed by atoms with E-state index in [4.69, 9.17) is 11.6 Å². The quantitative estimate of drug-likeness (QED) is 0.330. The molecule has 1 atom stereocenters. The van der Waals surface area contributed by atoms with E-state index < -0.39 is 5.25 Å². The van der Waals surface area contributed by atoms with E-state index in [1.165, 1.54) is 11.8 Å². The molecule has 33 heavy (non-hydrogen) atoms. The van der Waals surface area contributed by atoms with Gasteiger partial charge in [0.2, 0.25) is 5.91 Å². The first kappa shape index (κ1) is 21.7. The molecular formula is C26H23ClN4OS. The van der Waals surface area contributed by atoms with Crippen molar-refractivity contribution in [1.82, 2.24) is 20.1 Å². The molecule has 166 valence electrons. The Hall–Kier alpha value is -3.09. The molecule has 0 aliphatic heterocycles. The molecule has 1 fully saturated rings. The fourth-order valence-electron chi connectivity index (χ4n) is 3.61. The Morgan fingerprint density at radius 3 is 2.30 bits per heavy atom. The van der Waals surface area contributed by atoms with Crippen LogP contribution in [-0.4, -0.2) is 26.7 Å². The van der Waals surface area contributed by atoms with Gasteiger partial charge in [0.1, 0.15) is 5.25 Å². The van der Waals surface area contributed by atoms with E-state index in [0.717, 1.165) is 35.4 Å². The molecule has 0 saturated heterocycles. The van der Waals surface area contributed by atoms with Crippen LogP contribution < -0.4 is 5.32 Å². The number of halogens is 1. The summed E-state index contributed by atoms with van der Waals surface area (Å²) < 4.78 is 2.07. The number of carbonyl (C=O) groups excluding carboxylic acids is 1. The highest BCUT2D eigenvalue weighted by atomic mass is 35.5. The number of aromatic nitrogens is 3. The first-order valence-electron chi connectivity index (χ1n) is 10.9. The number of rotatable bonds is 8. The maximum Gasteiger partial charge on any atom is 0.238 e. The lowest BCUT2D eigenvalue weighted by molar-refractivity contribution is -0.120. The van der Waals surface area contributed by atoms with Crippen LogP contribution >= 0.6 is 23.4 Å². The normalized spacial score (nSPS) is 14.1. The lowest BCUT2D eigenvalue weighted by Crippen LogP contribution is -2.30.